The number of aromatic nitrogens is 2. The van der Waals surface area contributed by atoms with E-state index in [4.69, 9.17) is 0 Å². The van der Waals surface area contributed by atoms with Gasteiger partial charge in [-0.2, -0.15) is 5.10 Å². The van der Waals surface area contributed by atoms with Gasteiger partial charge in [0.1, 0.15) is 0 Å². The van der Waals surface area contributed by atoms with Gasteiger partial charge in [0.15, 0.2) is 0 Å². The smallest absolute Gasteiger partial charge is 0.0954 e. The topological polar surface area (TPSA) is 17.8 Å². The molecule has 3 heteroatoms. The molecular weight excluding hydrogens is 300 g/mol. The van der Waals surface area contributed by atoms with E-state index in [0.29, 0.717) is 0 Å². The van der Waals surface area contributed by atoms with Gasteiger partial charge in [0.2, 0.25) is 0 Å². The van der Waals surface area contributed by atoms with Gasteiger partial charge in [0.25, 0.3) is 0 Å². The molecule has 1 aromatic heterocycles. The van der Waals surface area contributed by atoms with Crippen LogP contribution in [0.15, 0.2) is 71.9 Å². The van der Waals surface area contributed by atoms with Gasteiger partial charge in [-0.3, -0.25) is 4.68 Å². The van der Waals surface area contributed by atoms with Crippen LogP contribution in [-0.4, -0.2) is 9.78 Å². The summed E-state index contributed by atoms with van der Waals surface area (Å²) < 4.78 is 3.06. The normalized spacial score (nSPS) is 12.5. The van der Waals surface area contributed by atoms with E-state index in [1.54, 1.807) is 0 Å². The minimum atomic E-state index is 0.0491. The second kappa shape index (κ2) is 5.02. The highest BCUT2D eigenvalue weighted by Crippen LogP contribution is 2.26. The van der Waals surface area contributed by atoms with Crippen molar-refractivity contribution >= 4 is 26.8 Å². The van der Waals surface area contributed by atoms with Crippen molar-refractivity contribution in [3.05, 3.63) is 77.4 Å². The quantitative estimate of drug-likeness (QED) is 0.648. The molecule has 0 aliphatic heterocycles. The molecule has 0 bridgehead atoms. The summed E-state index contributed by atoms with van der Waals surface area (Å²) in [6.07, 6.45) is 3.81. The lowest BCUT2D eigenvalue weighted by atomic mass is 10.1. The Balaban J connectivity index is 2.17. The number of benzene rings is 2. The monoisotopic (exact) mass is 312 g/mol. The molecule has 0 aliphatic rings. The third-order valence-electron chi connectivity index (χ3n) is 3.19. The Hall–Kier alpha value is -1.87. The highest BCUT2D eigenvalue weighted by molar-refractivity contribution is 9.10. The van der Waals surface area contributed by atoms with E-state index in [9.17, 15) is 0 Å². The Bertz CT molecular complexity index is 716. The Kier molecular flexibility index (Phi) is 3.22. The average molecular weight is 313 g/mol. The van der Waals surface area contributed by atoms with Crippen LogP contribution in [0, 0.1) is 0 Å². The van der Waals surface area contributed by atoms with Gasteiger partial charge in [-0.15, -0.1) is 6.58 Å². The standard InChI is InChI=1S/C16H13BrN2/c1-2-15(12-6-4-3-5-7-12)19-16-10-14(17)9-8-13(16)11-18-19/h2-11,15H,1H2. The molecule has 1 unspecified atom stereocenters. The molecule has 0 saturated heterocycles. The molecule has 0 N–H and O–H groups in total. The van der Waals surface area contributed by atoms with Crippen LogP contribution in [0.1, 0.15) is 11.6 Å². The molecule has 2 nitrogen and oxygen atoms in total. The van der Waals surface area contributed by atoms with E-state index < -0.39 is 0 Å². The van der Waals surface area contributed by atoms with Crippen molar-refractivity contribution in [2.75, 3.05) is 0 Å². The van der Waals surface area contributed by atoms with E-state index in [1.807, 2.05) is 41.2 Å². The van der Waals surface area contributed by atoms with E-state index in [1.165, 1.54) is 5.56 Å². The summed E-state index contributed by atoms with van der Waals surface area (Å²) in [4.78, 5) is 0. The van der Waals surface area contributed by atoms with Crippen LogP contribution < -0.4 is 0 Å². The Morgan fingerprint density at radius 3 is 2.68 bits per heavy atom. The summed E-state index contributed by atoms with van der Waals surface area (Å²) in [6, 6.07) is 16.5. The Labute approximate surface area is 120 Å². The molecule has 0 amide bonds. The number of nitrogens with zero attached hydrogens (tertiary/aromatic N) is 2. The zero-order valence-electron chi connectivity index (χ0n) is 10.3. The number of rotatable bonds is 3. The minimum Gasteiger partial charge on any atom is -0.253 e. The van der Waals surface area contributed by atoms with E-state index >= 15 is 0 Å². The van der Waals surface area contributed by atoms with Crippen LogP contribution in [0.4, 0.5) is 0 Å². The molecule has 0 saturated carbocycles. The van der Waals surface area contributed by atoms with Gasteiger partial charge in [-0.1, -0.05) is 58.4 Å². The Morgan fingerprint density at radius 2 is 1.95 bits per heavy atom. The molecule has 0 fully saturated rings. The fourth-order valence-electron chi connectivity index (χ4n) is 2.26. The van der Waals surface area contributed by atoms with Gasteiger partial charge in [0.05, 0.1) is 17.8 Å². The fourth-order valence-corrected chi connectivity index (χ4v) is 2.61. The van der Waals surface area contributed by atoms with E-state index in [-0.39, 0.29) is 6.04 Å². The van der Waals surface area contributed by atoms with Crippen molar-refractivity contribution in [1.29, 1.82) is 0 Å². The van der Waals surface area contributed by atoms with Crippen LogP contribution >= 0.6 is 15.9 Å². The molecule has 0 radical (unpaired) electrons. The third kappa shape index (κ3) is 2.22. The van der Waals surface area contributed by atoms with E-state index in [2.05, 4.69) is 51.9 Å². The number of fused-ring (bicyclic) bond motifs is 1. The second-order valence-corrected chi connectivity index (χ2v) is 5.30. The molecule has 1 atom stereocenters. The summed E-state index contributed by atoms with van der Waals surface area (Å²) in [6.45, 7) is 3.95. The van der Waals surface area contributed by atoms with Gasteiger partial charge < -0.3 is 0 Å². The molecular formula is C16H13BrN2. The summed E-state index contributed by atoms with van der Waals surface area (Å²) >= 11 is 3.51. The maximum Gasteiger partial charge on any atom is 0.0954 e. The fraction of sp³-hybridized carbons (Fsp3) is 0.0625. The predicted molar refractivity (Wildman–Crippen MR) is 82.2 cm³/mol. The third-order valence-corrected chi connectivity index (χ3v) is 3.68. The maximum atomic E-state index is 4.51. The molecule has 0 spiro atoms. The van der Waals surface area contributed by atoms with Crippen molar-refractivity contribution in [2.45, 2.75) is 6.04 Å². The minimum absolute atomic E-state index is 0.0491. The first-order chi connectivity index (χ1) is 9.29. The number of allylic oxidation sites excluding steroid dienone is 1. The average Bonchev–Trinajstić information content (AvgIpc) is 2.84. The van der Waals surface area contributed by atoms with Gasteiger partial charge in [-0.25, -0.2) is 0 Å². The number of hydrogen-bond donors (Lipinski definition) is 0. The lowest BCUT2D eigenvalue weighted by Gasteiger charge is -2.15. The maximum absolute atomic E-state index is 4.51. The molecule has 3 aromatic rings. The molecule has 0 aliphatic carbocycles. The summed E-state index contributed by atoms with van der Waals surface area (Å²) in [5, 5.41) is 5.64. The molecule has 94 valence electrons. The summed E-state index contributed by atoms with van der Waals surface area (Å²) in [5.41, 5.74) is 2.28. The van der Waals surface area contributed by atoms with Crippen molar-refractivity contribution in [3.8, 4) is 0 Å². The van der Waals surface area contributed by atoms with Gasteiger partial charge >= 0.3 is 0 Å². The molecule has 19 heavy (non-hydrogen) atoms. The van der Waals surface area contributed by atoms with Crippen molar-refractivity contribution < 1.29 is 0 Å². The van der Waals surface area contributed by atoms with Crippen LogP contribution in [-0.2, 0) is 0 Å². The van der Waals surface area contributed by atoms with Crippen molar-refractivity contribution in [2.24, 2.45) is 0 Å². The molecule has 2 aromatic carbocycles. The summed E-state index contributed by atoms with van der Waals surface area (Å²) in [5.74, 6) is 0. The lowest BCUT2D eigenvalue weighted by Crippen LogP contribution is -2.09. The molecule has 1 heterocycles. The van der Waals surface area contributed by atoms with E-state index in [0.717, 1.165) is 15.4 Å². The number of halogens is 1. The highest BCUT2D eigenvalue weighted by atomic mass is 79.9. The SMILES string of the molecule is C=CC(c1ccccc1)n1ncc2ccc(Br)cc21. The van der Waals surface area contributed by atoms with Crippen LogP contribution in [0.25, 0.3) is 10.9 Å². The van der Waals surface area contributed by atoms with Crippen molar-refractivity contribution in [1.82, 2.24) is 9.78 Å². The highest BCUT2D eigenvalue weighted by Gasteiger charge is 2.13. The Morgan fingerprint density at radius 1 is 1.16 bits per heavy atom. The number of hydrogen-bond acceptors (Lipinski definition) is 1. The van der Waals surface area contributed by atoms with Crippen LogP contribution in [0.3, 0.4) is 0 Å². The molecule has 3 rings (SSSR count). The first-order valence-electron chi connectivity index (χ1n) is 6.10. The van der Waals surface area contributed by atoms with Gasteiger partial charge in [0, 0.05) is 9.86 Å². The first-order valence-corrected chi connectivity index (χ1v) is 6.89. The first kappa shape index (κ1) is 12.2. The van der Waals surface area contributed by atoms with Crippen LogP contribution in [0.5, 0.6) is 0 Å². The second-order valence-electron chi connectivity index (χ2n) is 4.38. The summed E-state index contributed by atoms with van der Waals surface area (Å²) in [7, 11) is 0. The largest absolute Gasteiger partial charge is 0.253 e. The van der Waals surface area contributed by atoms with Crippen molar-refractivity contribution in [3.63, 3.8) is 0 Å². The predicted octanol–water partition coefficient (Wildman–Crippen LogP) is 4.57. The lowest BCUT2D eigenvalue weighted by molar-refractivity contribution is 0.634. The zero-order chi connectivity index (χ0) is 13.2. The van der Waals surface area contributed by atoms with Gasteiger partial charge in [-0.05, 0) is 17.7 Å². The zero-order valence-corrected chi connectivity index (χ0v) is 11.9. The van der Waals surface area contributed by atoms with Crippen LogP contribution in [0.2, 0.25) is 0 Å².